The van der Waals surface area contributed by atoms with Crippen molar-refractivity contribution in [3.05, 3.63) is 0 Å². The molecule has 1 amide bonds. The van der Waals surface area contributed by atoms with Gasteiger partial charge in [0.25, 0.3) is 0 Å². The smallest absolute Gasteiger partial charge is 0.406 e. The van der Waals surface area contributed by atoms with Gasteiger partial charge in [-0.15, -0.1) is 0 Å². The van der Waals surface area contributed by atoms with Crippen molar-refractivity contribution in [2.24, 2.45) is 0 Å². The van der Waals surface area contributed by atoms with E-state index in [4.69, 9.17) is 4.74 Å². The molecule has 0 aromatic carbocycles. The van der Waals surface area contributed by atoms with Gasteiger partial charge in [-0.1, -0.05) is 22.6 Å². The molecule has 1 N–H and O–H groups in total. The number of carbonyl (C=O) groups is 2. The van der Waals surface area contributed by atoms with E-state index in [9.17, 15) is 9.59 Å². The Morgan fingerprint density at radius 2 is 2.00 bits per heavy atom. The van der Waals surface area contributed by atoms with Gasteiger partial charge in [-0.05, 0) is 19.3 Å². The Bertz CT molecular complexity index is 179. The van der Waals surface area contributed by atoms with Crippen LogP contribution in [0, 0.1) is 0 Å². The minimum Gasteiger partial charge on any atom is -0.465 e. The van der Waals surface area contributed by atoms with Gasteiger partial charge in [0.15, 0.2) is 0 Å². The van der Waals surface area contributed by atoms with Crippen LogP contribution in [0.5, 0.6) is 0 Å². The van der Waals surface area contributed by atoms with Gasteiger partial charge in [0.2, 0.25) is 0 Å². The first-order chi connectivity index (χ1) is 7.20. The minimum absolute atomic E-state index is 0.178. The lowest BCUT2D eigenvalue weighted by molar-refractivity contribution is -0.140. The largest absolute Gasteiger partial charge is 0.465 e. The van der Waals surface area contributed by atoms with Crippen molar-refractivity contribution >= 4 is 34.7 Å². The van der Waals surface area contributed by atoms with E-state index in [2.05, 4.69) is 10.1 Å². The summed E-state index contributed by atoms with van der Waals surface area (Å²) in [7, 11) is 1.33. The molecule has 0 bridgehead atoms. The van der Waals surface area contributed by atoms with E-state index in [1.807, 2.05) is 22.6 Å². The zero-order chi connectivity index (χ0) is 11.5. The zero-order valence-electron chi connectivity index (χ0n) is 8.75. The number of ether oxygens (including phenoxy) is 2. The summed E-state index contributed by atoms with van der Waals surface area (Å²) < 4.78 is 9.68. The topological polar surface area (TPSA) is 64.6 Å². The number of methoxy groups -OCH3 is 1. The number of hydrogen-bond donors (Lipinski definition) is 1. The third-order valence-electron chi connectivity index (χ3n) is 1.65. The molecule has 0 atom stereocenters. The molecule has 0 saturated heterocycles. The molecule has 0 spiro atoms. The average molecular weight is 329 g/mol. The number of unbranched alkanes of at least 4 members (excludes halogenated alkanes) is 2. The average Bonchev–Trinajstić information content (AvgIpc) is 2.26. The number of alkyl halides is 1. The highest BCUT2D eigenvalue weighted by molar-refractivity contribution is 14.1. The van der Waals surface area contributed by atoms with E-state index in [1.54, 1.807) is 0 Å². The molecule has 15 heavy (non-hydrogen) atoms. The third-order valence-corrected chi connectivity index (χ3v) is 2.27. The molecule has 0 aromatic heterocycles. The molecule has 0 aliphatic rings. The maximum absolute atomic E-state index is 10.7. The molecular formula is C9H16INO4. The maximum atomic E-state index is 10.7. The molecule has 6 heteroatoms. The molecule has 0 aromatic rings. The molecule has 0 fully saturated rings. The van der Waals surface area contributed by atoms with E-state index in [0.717, 1.165) is 19.3 Å². The maximum Gasteiger partial charge on any atom is 0.406 e. The molecular weight excluding hydrogens is 313 g/mol. The quantitative estimate of drug-likeness (QED) is 0.333. The van der Waals surface area contributed by atoms with Crippen LogP contribution in [0.3, 0.4) is 0 Å². The highest BCUT2D eigenvalue weighted by Gasteiger charge is 1.99. The number of rotatable bonds is 7. The van der Waals surface area contributed by atoms with Gasteiger partial charge >= 0.3 is 12.1 Å². The molecule has 0 unspecified atom stereocenters. The van der Waals surface area contributed by atoms with Gasteiger partial charge in [0.1, 0.15) is 0 Å². The Hall–Kier alpha value is -0.530. The first-order valence-corrected chi connectivity index (χ1v) is 6.26. The van der Waals surface area contributed by atoms with E-state index >= 15 is 0 Å². The van der Waals surface area contributed by atoms with Crippen molar-refractivity contribution in [2.45, 2.75) is 19.3 Å². The lowest BCUT2D eigenvalue weighted by Crippen LogP contribution is -2.23. The van der Waals surface area contributed by atoms with Gasteiger partial charge in [-0.3, -0.25) is 4.79 Å². The number of nitrogens with one attached hydrogen (secondary N) is 1. The van der Waals surface area contributed by atoms with E-state index in [-0.39, 0.29) is 5.97 Å². The summed E-state index contributed by atoms with van der Waals surface area (Å²) >= 11 is 1.96. The third kappa shape index (κ3) is 9.77. The van der Waals surface area contributed by atoms with Gasteiger partial charge < -0.3 is 14.8 Å². The first-order valence-electron chi connectivity index (χ1n) is 4.74. The van der Waals surface area contributed by atoms with Crippen LogP contribution in [0.15, 0.2) is 0 Å². The van der Waals surface area contributed by atoms with Crippen LogP contribution in [0.2, 0.25) is 0 Å². The van der Waals surface area contributed by atoms with Crippen molar-refractivity contribution in [3.63, 3.8) is 0 Å². The summed E-state index contributed by atoms with van der Waals surface area (Å²) in [4.78, 5) is 21.4. The number of alkyl carbamates (subject to hydrolysis) is 1. The van der Waals surface area contributed by atoms with Crippen LogP contribution >= 0.6 is 22.6 Å². The highest BCUT2D eigenvalue weighted by atomic mass is 127. The Morgan fingerprint density at radius 3 is 2.60 bits per heavy atom. The second-order valence-corrected chi connectivity index (χ2v) is 3.60. The number of amides is 1. The lowest BCUT2D eigenvalue weighted by Gasteiger charge is -2.04. The Balaban J connectivity index is 3.11. The molecule has 0 aliphatic heterocycles. The van der Waals surface area contributed by atoms with Crippen molar-refractivity contribution in [3.8, 4) is 0 Å². The van der Waals surface area contributed by atoms with Gasteiger partial charge in [0, 0.05) is 6.54 Å². The lowest BCUT2D eigenvalue weighted by atomic mass is 10.2. The Kier molecular flexibility index (Phi) is 9.65. The van der Waals surface area contributed by atoms with E-state index < -0.39 is 6.09 Å². The van der Waals surface area contributed by atoms with Crippen LogP contribution in [0.25, 0.3) is 0 Å². The van der Waals surface area contributed by atoms with Gasteiger partial charge in [-0.25, -0.2) is 4.79 Å². The fourth-order valence-corrected chi connectivity index (χ4v) is 1.11. The standard InChI is InChI=1S/C9H16INO4/c1-14-9(13)11-5-3-2-4-6-15-8(12)7-10/h2-7H2,1H3,(H,11,13). The first kappa shape index (κ1) is 14.5. The van der Waals surface area contributed by atoms with Gasteiger partial charge in [0.05, 0.1) is 18.1 Å². The van der Waals surface area contributed by atoms with Crippen LogP contribution < -0.4 is 5.32 Å². The predicted molar refractivity (Wildman–Crippen MR) is 64.1 cm³/mol. The summed E-state index contributed by atoms with van der Waals surface area (Å²) in [6.07, 6.45) is 2.19. The summed E-state index contributed by atoms with van der Waals surface area (Å²) in [5.74, 6) is -0.178. The number of hydrogen-bond acceptors (Lipinski definition) is 4. The van der Waals surface area contributed by atoms with Crippen LogP contribution in [-0.2, 0) is 14.3 Å². The van der Waals surface area contributed by atoms with E-state index in [1.165, 1.54) is 7.11 Å². The SMILES string of the molecule is COC(=O)NCCCCCOC(=O)CI. The minimum atomic E-state index is -0.411. The fourth-order valence-electron chi connectivity index (χ4n) is 0.891. The molecule has 0 heterocycles. The second-order valence-electron chi connectivity index (χ2n) is 2.83. The van der Waals surface area contributed by atoms with Crippen molar-refractivity contribution in [1.29, 1.82) is 0 Å². The Labute approximate surface area is 103 Å². The molecule has 0 aliphatic carbocycles. The Morgan fingerprint density at radius 1 is 1.27 bits per heavy atom. The zero-order valence-corrected chi connectivity index (χ0v) is 10.9. The second kappa shape index (κ2) is 10.0. The summed E-state index contributed by atoms with van der Waals surface area (Å²) in [6.45, 7) is 1.05. The molecule has 0 rings (SSSR count). The summed E-state index contributed by atoms with van der Waals surface area (Å²) in [6, 6.07) is 0. The number of carbonyl (C=O) groups excluding carboxylic acids is 2. The van der Waals surface area contributed by atoms with Crippen LogP contribution in [0.4, 0.5) is 4.79 Å². The molecule has 88 valence electrons. The molecule has 0 radical (unpaired) electrons. The highest BCUT2D eigenvalue weighted by Crippen LogP contribution is 1.96. The van der Waals surface area contributed by atoms with Crippen molar-refractivity contribution in [1.82, 2.24) is 5.32 Å². The van der Waals surface area contributed by atoms with E-state index in [0.29, 0.717) is 17.6 Å². The monoisotopic (exact) mass is 329 g/mol. The molecule has 5 nitrogen and oxygen atoms in total. The summed E-state index contributed by atoms with van der Waals surface area (Å²) in [5, 5.41) is 2.57. The van der Waals surface area contributed by atoms with Crippen molar-refractivity contribution < 1.29 is 19.1 Å². The fraction of sp³-hybridized carbons (Fsp3) is 0.778. The van der Waals surface area contributed by atoms with Crippen LogP contribution in [0.1, 0.15) is 19.3 Å². The number of esters is 1. The van der Waals surface area contributed by atoms with Crippen LogP contribution in [-0.4, -0.2) is 36.8 Å². The number of halogens is 1. The normalized spacial score (nSPS) is 9.47. The molecule has 0 saturated carbocycles. The van der Waals surface area contributed by atoms with Crippen molar-refractivity contribution in [2.75, 3.05) is 24.7 Å². The predicted octanol–water partition coefficient (Wildman–Crippen LogP) is 1.49. The van der Waals surface area contributed by atoms with Gasteiger partial charge in [-0.2, -0.15) is 0 Å². The summed E-state index contributed by atoms with van der Waals surface area (Å²) in [5.41, 5.74) is 0.